The summed E-state index contributed by atoms with van der Waals surface area (Å²) in [5.74, 6) is -1.26. The number of nitrogens with one attached hydrogen (secondary N) is 1. The Hall–Kier alpha value is -3.03. The number of aromatic nitrogens is 3. The molecule has 0 aliphatic carbocycles. The molecule has 3 aromatic heterocycles. The summed E-state index contributed by atoms with van der Waals surface area (Å²) in [6, 6.07) is 4.66. The standard InChI is InChI=1S/C22H24F2N4O2/c1-22(2,3)30-21(29)28-8-4-5-13(12-28)18-9-16-14(6-7-25-20(16)27-18)15-10-19(24)26-11-17(15)23/h6-7,9-11,13H,4-5,8,12H2,1-3H3,(H,25,27). The monoisotopic (exact) mass is 414 g/mol. The highest BCUT2D eigenvalue weighted by Crippen LogP contribution is 2.34. The van der Waals surface area contributed by atoms with Crippen LogP contribution in [0.25, 0.3) is 22.2 Å². The molecule has 8 heteroatoms. The van der Waals surface area contributed by atoms with Gasteiger partial charge in [0.25, 0.3) is 0 Å². The second-order valence-corrected chi connectivity index (χ2v) is 8.60. The summed E-state index contributed by atoms with van der Waals surface area (Å²) < 4.78 is 33.4. The molecule has 0 saturated carbocycles. The molecule has 0 aromatic carbocycles. The lowest BCUT2D eigenvalue weighted by Gasteiger charge is -2.33. The van der Waals surface area contributed by atoms with E-state index in [0.717, 1.165) is 30.8 Å². The van der Waals surface area contributed by atoms with Crippen molar-refractivity contribution in [1.82, 2.24) is 19.9 Å². The van der Waals surface area contributed by atoms with E-state index >= 15 is 0 Å². The zero-order valence-corrected chi connectivity index (χ0v) is 17.2. The number of rotatable bonds is 2. The van der Waals surface area contributed by atoms with Crippen LogP contribution in [0.3, 0.4) is 0 Å². The highest BCUT2D eigenvalue weighted by atomic mass is 19.1. The molecule has 1 saturated heterocycles. The first-order valence-electron chi connectivity index (χ1n) is 9.98. The van der Waals surface area contributed by atoms with Gasteiger partial charge in [-0.1, -0.05) is 0 Å². The summed E-state index contributed by atoms with van der Waals surface area (Å²) in [4.78, 5) is 25.2. The lowest BCUT2D eigenvalue weighted by atomic mass is 9.94. The number of piperidine rings is 1. The number of ether oxygens (including phenoxy) is 1. The Morgan fingerprint density at radius 2 is 2.03 bits per heavy atom. The van der Waals surface area contributed by atoms with E-state index in [1.54, 1.807) is 17.2 Å². The van der Waals surface area contributed by atoms with Crippen molar-refractivity contribution < 1.29 is 18.3 Å². The number of amides is 1. The third-order valence-corrected chi connectivity index (χ3v) is 5.18. The van der Waals surface area contributed by atoms with E-state index in [0.29, 0.717) is 29.7 Å². The number of H-pyrrole nitrogens is 1. The number of hydrogen-bond donors (Lipinski definition) is 1. The molecule has 6 nitrogen and oxygen atoms in total. The molecule has 1 amide bonds. The first-order chi connectivity index (χ1) is 14.2. The van der Waals surface area contributed by atoms with Crippen LogP contribution in [0.2, 0.25) is 0 Å². The minimum Gasteiger partial charge on any atom is -0.444 e. The van der Waals surface area contributed by atoms with Crippen molar-refractivity contribution in [3.8, 4) is 11.1 Å². The average molecular weight is 414 g/mol. The molecule has 1 atom stereocenters. The van der Waals surface area contributed by atoms with Crippen LogP contribution in [-0.4, -0.2) is 44.6 Å². The van der Waals surface area contributed by atoms with Crippen LogP contribution < -0.4 is 0 Å². The molecule has 1 N–H and O–H groups in total. The number of carbonyl (C=O) groups is 1. The van der Waals surface area contributed by atoms with Gasteiger partial charge in [-0.15, -0.1) is 0 Å². The molecule has 0 radical (unpaired) electrons. The number of nitrogens with zero attached hydrogens (tertiary/aromatic N) is 3. The van der Waals surface area contributed by atoms with Gasteiger partial charge >= 0.3 is 6.09 Å². The molecular formula is C22H24F2N4O2. The predicted molar refractivity (Wildman–Crippen MR) is 109 cm³/mol. The minimum absolute atomic E-state index is 0.0762. The number of fused-ring (bicyclic) bond motifs is 1. The van der Waals surface area contributed by atoms with E-state index in [1.165, 1.54) is 0 Å². The first-order valence-corrected chi connectivity index (χ1v) is 9.98. The van der Waals surface area contributed by atoms with Gasteiger partial charge in [-0.3, -0.25) is 0 Å². The fourth-order valence-electron chi connectivity index (χ4n) is 3.84. The molecule has 158 valence electrons. The van der Waals surface area contributed by atoms with Crippen LogP contribution in [0.5, 0.6) is 0 Å². The predicted octanol–water partition coefficient (Wildman–Crippen LogP) is 5.02. The maximum Gasteiger partial charge on any atom is 0.410 e. The topological polar surface area (TPSA) is 71.1 Å². The third-order valence-electron chi connectivity index (χ3n) is 5.18. The van der Waals surface area contributed by atoms with Crippen LogP contribution in [0, 0.1) is 11.8 Å². The second-order valence-electron chi connectivity index (χ2n) is 8.60. The molecule has 1 aliphatic rings. The Morgan fingerprint density at radius 3 is 2.80 bits per heavy atom. The molecule has 1 aliphatic heterocycles. The number of aromatic amines is 1. The van der Waals surface area contributed by atoms with Crippen LogP contribution >= 0.6 is 0 Å². The van der Waals surface area contributed by atoms with E-state index < -0.39 is 17.4 Å². The second kappa shape index (κ2) is 7.66. The molecular weight excluding hydrogens is 390 g/mol. The molecule has 3 aromatic rings. The summed E-state index contributed by atoms with van der Waals surface area (Å²) in [7, 11) is 0. The van der Waals surface area contributed by atoms with Crippen molar-refractivity contribution >= 4 is 17.1 Å². The fraction of sp³-hybridized carbons (Fsp3) is 0.409. The van der Waals surface area contributed by atoms with Gasteiger partial charge in [-0.2, -0.15) is 4.39 Å². The van der Waals surface area contributed by atoms with Gasteiger partial charge in [0.2, 0.25) is 5.95 Å². The number of pyridine rings is 2. The zero-order chi connectivity index (χ0) is 21.5. The highest BCUT2D eigenvalue weighted by Gasteiger charge is 2.29. The van der Waals surface area contributed by atoms with Crippen molar-refractivity contribution in [3.63, 3.8) is 0 Å². The molecule has 0 spiro atoms. The highest BCUT2D eigenvalue weighted by molar-refractivity contribution is 5.93. The van der Waals surface area contributed by atoms with Gasteiger partial charge in [0, 0.05) is 47.9 Å². The number of likely N-dealkylation sites (tertiary alicyclic amines) is 1. The van der Waals surface area contributed by atoms with Crippen molar-refractivity contribution in [2.75, 3.05) is 13.1 Å². The number of hydrogen-bond acceptors (Lipinski definition) is 4. The van der Waals surface area contributed by atoms with Crippen molar-refractivity contribution in [2.45, 2.75) is 45.1 Å². The largest absolute Gasteiger partial charge is 0.444 e. The Bertz CT molecular complexity index is 1090. The van der Waals surface area contributed by atoms with E-state index in [1.807, 2.05) is 26.8 Å². The average Bonchev–Trinajstić information content (AvgIpc) is 3.13. The molecule has 0 bridgehead atoms. The summed E-state index contributed by atoms with van der Waals surface area (Å²) in [6.07, 6.45) is 3.87. The summed E-state index contributed by atoms with van der Waals surface area (Å²) in [5.41, 5.74) is 1.63. The minimum atomic E-state index is -0.743. The first kappa shape index (κ1) is 20.3. The smallest absolute Gasteiger partial charge is 0.410 e. The molecule has 4 heterocycles. The molecule has 1 unspecified atom stereocenters. The number of halogens is 2. The Balaban J connectivity index is 1.64. The maximum atomic E-state index is 14.3. The van der Waals surface area contributed by atoms with Gasteiger partial charge in [0.1, 0.15) is 17.1 Å². The van der Waals surface area contributed by atoms with Gasteiger partial charge in [0.15, 0.2) is 0 Å². The third kappa shape index (κ3) is 4.13. The Morgan fingerprint density at radius 1 is 1.23 bits per heavy atom. The normalized spacial score (nSPS) is 17.4. The summed E-state index contributed by atoms with van der Waals surface area (Å²) >= 11 is 0. The van der Waals surface area contributed by atoms with Gasteiger partial charge in [0.05, 0.1) is 6.20 Å². The van der Waals surface area contributed by atoms with Crippen molar-refractivity contribution in [2.24, 2.45) is 0 Å². The van der Waals surface area contributed by atoms with E-state index in [2.05, 4.69) is 15.0 Å². The van der Waals surface area contributed by atoms with E-state index in [-0.39, 0.29) is 17.6 Å². The number of carbonyl (C=O) groups excluding carboxylic acids is 1. The lowest BCUT2D eigenvalue weighted by Crippen LogP contribution is -2.42. The Kier molecular flexibility index (Phi) is 5.17. The van der Waals surface area contributed by atoms with E-state index in [4.69, 9.17) is 4.74 Å². The lowest BCUT2D eigenvalue weighted by molar-refractivity contribution is 0.0197. The quantitative estimate of drug-likeness (QED) is 0.598. The van der Waals surface area contributed by atoms with E-state index in [9.17, 15) is 13.6 Å². The van der Waals surface area contributed by atoms with Crippen molar-refractivity contribution in [3.05, 3.63) is 48.1 Å². The van der Waals surface area contributed by atoms with Crippen LogP contribution in [0.15, 0.2) is 30.6 Å². The maximum absolute atomic E-state index is 14.3. The molecule has 30 heavy (non-hydrogen) atoms. The van der Waals surface area contributed by atoms with Crippen LogP contribution in [-0.2, 0) is 4.74 Å². The van der Waals surface area contributed by atoms with Crippen LogP contribution in [0.1, 0.15) is 45.2 Å². The zero-order valence-electron chi connectivity index (χ0n) is 17.2. The Labute approximate surface area is 173 Å². The molecule has 1 fully saturated rings. The summed E-state index contributed by atoms with van der Waals surface area (Å²) in [6.45, 7) is 6.71. The molecule has 4 rings (SSSR count). The summed E-state index contributed by atoms with van der Waals surface area (Å²) in [5, 5.41) is 0.700. The fourth-order valence-corrected chi connectivity index (χ4v) is 3.84. The van der Waals surface area contributed by atoms with Gasteiger partial charge in [-0.05, 0) is 51.3 Å². The van der Waals surface area contributed by atoms with Crippen molar-refractivity contribution in [1.29, 1.82) is 0 Å². The van der Waals surface area contributed by atoms with Gasteiger partial charge in [-0.25, -0.2) is 19.2 Å². The SMILES string of the molecule is CC(C)(C)OC(=O)N1CCCC(c2cc3c(-c4cc(F)ncc4F)ccnc3[nH]2)C1. The van der Waals surface area contributed by atoms with Gasteiger partial charge < -0.3 is 14.6 Å². The van der Waals surface area contributed by atoms with Crippen LogP contribution in [0.4, 0.5) is 13.6 Å².